The van der Waals surface area contributed by atoms with E-state index in [1.165, 1.54) is 21.7 Å². The zero-order chi connectivity index (χ0) is 23.8. The van der Waals surface area contributed by atoms with Crippen LogP contribution in [0.1, 0.15) is 16.8 Å². The van der Waals surface area contributed by atoms with Gasteiger partial charge in [-0.25, -0.2) is 13.4 Å². The van der Waals surface area contributed by atoms with Gasteiger partial charge in [0.05, 0.1) is 16.2 Å². The molecule has 0 spiro atoms. The third kappa shape index (κ3) is 5.63. The van der Waals surface area contributed by atoms with E-state index < -0.39 is 21.8 Å². The van der Waals surface area contributed by atoms with E-state index in [0.29, 0.717) is 35.6 Å². The molecule has 0 radical (unpaired) electrons. The average molecular weight is 536 g/mol. The van der Waals surface area contributed by atoms with Gasteiger partial charge >= 0.3 is 6.18 Å². The number of aromatic nitrogens is 1. The number of piperazine rings is 1. The number of alkyl halides is 3. The van der Waals surface area contributed by atoms with Crippen LogP contribution in [0.5, 0.6) is 0 Å². The highest BCUT2D eigenvalue weighted by atomic mass is 35.5. The van der Waals surface area contributed by atoms with Crippen LogP contribution in [-0.4, -0.2) is 43.9 Å². The van der Waals surface area contributed by atoms with Crippen molar-refractivity contribution in [1.29, 1.82) is 0 Å². The summed E-state index contributed by atoms with van der Waals surface area (Å²) in [5.74, 6) is 0. The molecule has 1 saturated heterocycles. The topological polar surface area (TPSA) is 53.5 Å². The molecule has 0 atom stereocenters. The van der Waals surface area contributed by atoms with Gasteiger partial charge in [0.1, 0.15) is 0 Å². The number of halogens is 5. The molecule has 0 unspecified atom stereocenters. The Morgan fingerprint density at radius 1 is 1.00 bits per heavy atom. The zero-order valence-electron chi connectivity index (χ0n) is 17.0. The third-order valence-electron chi connectivity index (χ3n) is 5.16. The van der Waals surface area contributed by atoms with E-state index >= 15 is 0 Å². The first-order valence-electron chi connectivity index (χ1n) is 9.84. The molecule has 2 heterocycles. The van der Waals surface area contributed by atoms with Crippen LogP contribution in [0.15, 0.2) is 52.7 Å². The lowest BCUT2D eigenvalue weighted by atomic mass is 10.1. The van der Waals surface area contributed by atoms with Crippen molar-refractivity contribution in [2.24, 2.45) is 0 Å². The van der Waals surface area contributed by atoms with Crippen molar-refractivity contribution in [2.75, 3.05) is 31.1 Å². The number of benzene rings is 2. The minimum atomic E-state index is -4.61. The van der Waals surface area contributed by atoms with Gasteiger partial charge in [-0.15, -0.1) is 11.3 Å². The molecule has 0 amide bonds. The Kier molecular flexibility index (Phi) is 6.93. The van der Waals surface area contributed by atoms with Crippen molar-refractivity contribution >= 4 is 49.7 Å². The highest BCUT2D eigenvalue weighted by Crippen LogP contribution is 2.32. The van der Waals surface area contributed by atoms with Gasteiger partial charge in [0, 0.05) is 48.0 Å². The highest BCUT2D eigenvalue weighted by molar-refractivity contribution is 7.89. The van der Waals surface area contributed by atoms with Crippen LogP contribution in [0.4, 0.5) is 18.3 Å². The number of thiazole rings is 1. The normalized spacial score (nSPS) is 15.7. The van der Waals surface area contributed by atoms with E-state index in [1.807, 2.05) is 22.4 Å². The fraction of sp³-hybridized carbons (Fsp3) is 0.286. The van der Waals surface area contributed by atoms with Crippen LogP contribution < -0.4 is 4.90 Å². The van der Waals surface area contributed by atoms with Crippen molar-refractivity contribution in [3.05, 3.63) is 74.7 Å². The lowest BCUT2D eigenvalue weighted by Gasteiger charge is -2.33. The van der Waals surface area contributed by atoms with E-state index in [4.69, 9.17) is 23.2 Å². The second-order valence-corrected chi connectivity index (χ2v) is 11.1. The lowest BCUT2D eigenvalue weighted by molar-refractivity contribution is -0.137. The van der Waals surface area contributed by atoms with Gasteiger partial charge in [0.25, 0.3) is 0 Å². The predicted octanol–water partition coefficient (Wildman–Crippen LogP) is 5.57. The fourth-order valence-corrected chi connectivity index (χ4v) is 6.47. The fourth-order valence-electron chi connectivity index (χ4n) is 3.55. The first kappa shape index (κ1) is 24.3. The van der Waals surface area contributed by atoms with Crippen molar-refractivity contribution < 1.29 is 21.6 Å². The average Bonchev–Trinajstić information content (AvgIpc) is 3.21. The minimum absolute atomic E-state index is 0.150. The van der Waals surface area contributed by atoms with Gasteiger partial charge in [0.15, 0.2) is 5.13 Å². The molecule has 0 bridgehead atoms. The van der Waals surface area contributed by atoms with Gasteiger partial charge in [0.2, 0.25) is 10.0 Å². The summed E-state index contributed by atoms with van der Waals surface area (Å²) in [4.78, 5) is 6.25. The second-order valence-electron chi connectivity index (χ2n) is 7.49. The van der Waals surface area contributed by atoms with Crippen molar-refractivity contribution in [1.82, 2.24) is 9.29 Å². The molecule has 12 heteroatoms. The molecule has 5 nitrogen and oxygen atoms in total. The summed E-state index contributed by atoms with van der Waals surface area (Å²) < 4.78 is 65.9. The van der Waals surface area contributed by atoms with Gasteiger partial charge in [-0.2, -0.15) is 17.5 Å². The Hall–Kier alpha value is -1.85. The highest BCUT2D eigenvalue weighted by Gasteiger charge is 2.34. The van der Waals surface area contributed by atoms with E-state index in [1.54, 1.807) is 6.07 Å². The molecule has 1 aliphatic rings. The summed E-state index contributed by atoms with van der Waals surface area (Å²) in [7, 11) is -4.03. The SMILES string of the molecule is O=S(=O)(c1cccc(C(F)(F)F)c1)N1CCN(c2nc(Cc3cc(Cl)cc(Cl)c3)cs2)CC1. The van der Waals surface area contributed by atoms with Crippen molar-refractivity contribution in [2.45, 2.75) is 17.5 Å². The molecule has 3 aromatic rings. The Bertz CT molecular complexity index is 1240. The molecule has 0 aliphatic carbocycles. The summed E-state index contributed by atoms with van der Waals surface area (Å²) in [5, 5.41) is 3.78. The zero-order valence-corrected chi connectivity index (χ0v) is 20.2. The first-order chi connectivity index (χ1) is 15.5. The predicted molar refractivity (Wildman–Crippen MR) is 124 cm³/mol. The quantitative estimate of drug-likeness (QED) is 0.428. The largest absolute Gasteiger partial charge is 0.416 e. The Morgan fingerprint density at radius 3 is 2.30 bits per heavy atom. The van der Waals surface area contributed by atoms with E-state index in [2.05, 4.69) is 4.98 Å². The Labute approximate surface area is 203 Å². The van der Waals surface area contributed by atoms with E-state index in [-0.39, 0.29) is 18.0 Å². The molecule has 1 aliphatic heterocycles. The molecule has 0 saturated carbocycles. The number of sulfonamides is 1. The summed E-state index contributed by atoms with van der Waals surface area (Å²) in [5.41, 5.74) is 0.784. The molecule has 1 fully saturated rings. The van der Waals surface area contributed by atoms with Crippen LogP contribution in [0.25, 0.3) is 0 Å². The van der Waals surface area contributed by atoms with E-state index in [9.17, 15) is 21.6 Å². The van der Waals surface area contributed by atoms with Crippen LogP contribution in [0.3, 0.4) is 0 Å². The van der Waals surface area contributed by atoms with Crippen LogP contribution >= 0.6 is 34.5 Å². The van der Waals surface area contributed by atoms with E-state index in [0.717, 1.165) is 28.5 Å². The molecule has 1 aromatic heterocycles. The number of hydrogen-bond acceptors (Lipinski definition) is 5. The molecular weight excluding hydrogens is 518 g/mol. The van der Waals surface area contributed by atoms with Crippen LogP contribution in [0, 0.1) is 0 Å². The lowest BCUT2D eigenvalue weighted by Crippen LogP contribution is -2.48. The van der Waals surface area contributed by atoms with Gasteiger partial charge in [-0.1, -0.05) is 29.3 Å². The van der Waals surface area contributed by atoms with Crippen molar-refractivity contribution in [3.63, 3.8) is 0 Å². The Morgan fingerprint density at radius 2 is 1.67 bits per heavy atom. The molecular formula is C21H18Cl2F3N3O2S2. The van der Waals surface area contributed by atoms with Gasteiger partial charge < -0.3 is 4.90 Å². The molecule has 2 aromatic carbocycles. The Balaban J connectivity index is 1.42. The molecule has 0 N–H and O–H groups in total. The maximum atomic E-state index is 13.0. The maximum absolute atomic E-state index is 13.0. The molecule has 33 heavy (non-hydrogen) atoms. The molecule has 4 rings (SSSR count). The monoisotopic (exact) mass is 535 g/mol. The van der Waals surface area contributed by atoms with Crippen LogP contribution in [0.2, 0.25) is 10.0 Å². The number of hydrogen-bond donors (Lipinski definition) is 0. The summed E-state index contributed by atoms with van der Waals surface area (Å²) in [6.45, 7) is 1.07. The first-order valence-corrected chi connectivity index (χ1v) is 12.9. The van der Waals surface area contributed by atoms with Crippen molar-refractivity contribution in [3.8, 4) is 0 Å². The smallest absolute Gasteiger partial charge is 0.345 e. The number of rotatable bonds is 5. The number of nitrogens with zero attached hydrogens (tertiary/aromatic N) is 3. The maximum Gasteiger partial charge on any atom is 0.416 e. The second kappa shape index (κ2) is 9.42. The summed E-state index contributed by atoms with van der Waals surface area (Å²) in [6, 6.07) is 9.13. The molecule has 176 valence electrons. The third-order valence-corrected chi connectivity index (χ3v) is 8.44. The van der Waals surface area contributed by atoms with Crippen LogP contribution in [-0.2, 0) is 22.6 Å². The van der Waals surface area contributed by atoms with Gasteiger partial charge in [-0.3, -0.25) is 0 Å². The van der Waals surface area contributed by atoms with Gasteiger partial charge in [-0.05, 0) is 42.0 Å². The summed E-state index contributed by atoms with van der Waals surface area (Å²) in [6.07, 6.45) is -4.05. The standard InChI is InChI=1S/C21H18Cl2F3N3O2S2/c22-16-8-14(9-17(23)12-16)10-18-13-32-20(27-18)28-4-6-29(7-5-28)33(30,31)19-3-1-2-15(11-19)21(24,25)26/h1-3,8-9,11-13H,4-7,10H2. The number of anilines is 1. The summed E-state index contributed by atoms with van der Waals surface area (Å²) >= 11 is 13.5. The minimum Gasteiger partial charge on any atom is -0.345 e.